The van der Waals surface area contributed by atoms with Crippen LogP contribution in [0.3, 0.4) is 0 Å². The molecule has 2 N–H and O–H groups in total. The predicted octanol–water partition coefficient (Wildman–Crippen LogP) is 2.27. The van der Waals surface area contributed by atoms with Crippen LogP contribution in [0.5, 0.6) is 0 Å². The molecule has 1 aromatic heterocycles. The normalized spacial score (nSPS) is 12.8. The quantitative estimate of drug-likeness (QED) is 0.800. The molecule has 0 unspecified atom stereocenters. The minimum absolute atomic E-state index is 0.292. The fourth-order valence-corrected chi connectivity index (χ4v) is 4.20. The van der Waals surface area contributed by atoms with Crippen LogP contribution in [0.15, 0.2) is 17.2 Å². The number of aromatic nitrogens is 1. The van der Waals surface area contributed by atoms with E-state index in [0.717, 1.165) is 12.2 Å². The molecule has 0 saturated carbocycles. The van der Waals surface area contributed by atoms with Crippen LogP contribution in [0.2, 0.25) is 0 Å². The average Bonchev–Trinajstić information content (AvgIpc) is 2.80. The molecule has 5 nitrogen and oxygen atoms in total. The highest BCUT2D eigenvalue weighted by Crippen LogP contribution is 2.21. The first-order chi connectivity index (χ1) is 9.72. The Morgan fingerprint density at radius 2 is 1.71 bits per heavy atom. The van der Waals surface area contributed by atoms with Gasteiger partial charge in [-0.2, -0.15) is 4.31 Å². The van der Waals surface area contributed by atoms with Gasteiger partial charge in [-0.1, -0.05) is 27.7 Å². The van der Waals surface area contributed by atoms with E-state index in [0.29, 0.717) is 36.4 Å². The van der Waals surface area contributed by atoms with Crippen LogP contribution in [0, 0.1) is 11.8 Å². The minimum atomic E-state index is -3.46. The van der Waals surface area contributed by atoms with E-state index in [2.05, 4.69) is 0 Å². The number of nitrogens with zero attached hydrogens (tertiary/aromatic N) is 2. The number of hydrogen-bond acceptors (Lipinski definition) is 3. The zero-order chi connectivity index (χ0) is 16.2. The van der Waals surface area contributed by atoms with Gasteiger partial charge >= 0.3 is 0 Å². The third-order valence-corrected chi connectivity index (χ3v) is 5.08. The van der Waals surface area contributed by atoms with E-state index in [4.69, 9.17) is 5.73 Å². The highest BCUT2D eigenvalue weighted by molar-refractivity contribution is 7.89. The summed E-state index contributed by atoms with van der Waals surface area (Å²) in [6, 6.07) is 1.70. The van der Waals surface area contributed by atoms with E-state index in [1.54, 1.807) is 16.6 Å². The summed E-state index contributed by atoms with van der Waals surface area (Å²) in [5.41, 5.74) is 6.54. The molecule has 0 atom stereocenters. The van der Waals surface area contributed by atoms with Crippen molar-refractivity contribution < 1.29 is 8.42 Å². The lowest BCUT2D eigenvalue weighted by Crippen LogP contribution is -2.36. The molecule has 0 aliphatic heterocycles. The Kier molecular flexibility index (Phi) is 6.43. The Hall–Kier alpha value is -0.850. The summed E-state index contributed by atoms with van der Waals surface area (Å²) >= 11 is 0. The molecule has 0 radical (unpaired) electrons. The lowest BCUT2D eigenvalue weighted by molar-refractivity contribution is 0.333. The molecule has 122 valence electrons. The Balaban J connectivity index is 3.18. The van der Waals surface area contributed by atoms with Gasteiger partial charge in [-0.25, -0.2) is 8.42 Å². The van der Waals surface area contributed by atoms with Crippen molar-refractivity contribution in [1.29, 1.82) is 0 Å². The van der Waals surface area contributed by atoms with Gasteiger partial charge in [-0.15, -0.1) is 0 Å². The summed E-state index contributed by atoms with van der Waals surface area (Å²) in [7, 11) is -3.46. The number of aryl methyl sites for hydroxylation is 1. The minimum Gasteiger partial charge on any atom is -0.349 e. The van der Waals surface area contributed by atoms with E-state index >= 15 is 0 Å². The van der Waals surface area contributed by atoms with Crippen molar-refractivity contribution in [2.75, 3.05) is 13.1 Å². The van der Waals surface area contributed by atoms with Crippen LogP contribution < -0.4 is 5.73 Å². The zero-order valence-corrected chi connectivity index (χ0v) is 14.7. The van der Waals surface area contributed by atoms with Crippen LogP contribution in [-0.4, -0.2) is 30.4 Å². The number of nitrogens with two attached hydrogens (primary N) is 1. The van der Waals surface area contributed by atoms with Gasteiger partial charge in [0, 0.05) is 38.1 Å². The number of sulfonamides is 1. The Morgan fingerprint density at radius 1 is 1.19 bits per heavy atom. The summed E-state index contributed by atoms with van der Waals surface area (Å²) in [6.45, 7) is 12.3. The van der Waals surface area contributed by atoms with Gasteiger partial charge < -0.3 is 10.3 Å². The summed E-state index contributed by atoms with van der Waals surface area (Å²) in [5.74, 6) is 0.585. The lowest BCUT2D eigenvalue weighted by atomic mass is 10.2. The SMILES string of the molecule is CCn1cc(S(=O)(=O)N(CC(C)C)CC(C)C)cc1CN. The molecule has 1 rings (SSSR count). The lowest BCUT2D eigenvalue weighted by Gasteiger charge is -2.25. The maximum absolute atomic E-state index is 12.9. The Bertz CT molecular complexity index is 516. The van der Waals surface area contributed by atoms with Gasteiger partial charge in [0.15, 0.2) is 0 Å². The third-order valence-electron chi connectivity index (χ3n) is 3.29. The fourth-order valence-electron chi connectivity index (χ4n) is 2.37. The smallest absolute Gasteiger partial charge is 0.244 e. The van der Waals surface area contributed by atoms with Crippen LogP contribution in [-0.2, 0) is 23.1 Å². The van der Waals surface area contributed by atoms with Gasteiger partial charge in [0.25, 0.3) is 0 Å². The van der Waals surface area contributed by atoms with E-state index in [9.17, 15) is 8.42 Å². The molecule has 6 heteroatoms. The van der Waals surface area contributed by atoms with Crippen molar-refractivity contribution in [2.24, 2.45) is 17.6 Å². The molecular formula is C15H29N3O2S. The van der Waals surface area contributed by atoms with Gasteiger partial charge in [-0.3, -0.25) is 0 Å². The molecule has 1 heterocycles. The van der Waals surface area contributed by atoms with Crippen molar-refractivity contribution in [3.8, 4) is 0 Å². The Morgan fingerprint density at radius 3 is 2.05 bits per heavy atom. The van der Waals surface area contributed by atoms with Crippen molar-refractivity contribution in [1.82, 2.24) is 8.87 Å². The van der Waals surface area contributed by atoms with Gasteiger partial charge in [0.05, 0.1) is 0 Å². The van der Waals surface area contributed by atoms with Crippen LogP contribution in [0.25, 0.3) is 0 Å². The van der Waals surface area contributed by atoms with Crippen molar-refractivity contribution in [3.63, 3.8) is 0 Å². The highest BCUT2D eigenvalue weighted by Gasteiger charge is 2.27. The Labute approximate surface area is 129 Å². The van der Waals surface area contributed by atoms with E-state index in [1.165, 1.54) is 0 Å². The van der Waals surface area contributed by atoms with Gasteiger partial charge in [0.1, 0.15) is 4.90 Å². The van der Waals surface area contributed by atoms with E-state index in [-0.39, 0.29) is 0 Å². The second-order valence-corrected chi connectivity index (χ2v) is 8.20. The molecule has 0 aliphatic rings. The summed E-state index contributed by atoms with van der Waals surface area (Å²) in [5, 5.41) is 0. The standard InChI is InChI=1S/C15H29N3O2S/c1-6-17-11-15(7-14(17)8-16)21(19,20)18(9-12(2)3)10-13(4)5/h7,11-13H,6,8-10,16H2,1-5H3. The average molecular weight is 315 g/mol. The molecule has 0 saturated heterocycles. The molecule has 1 aromatic rings. The molecule has 0 amide bonds. The van der Waals surface area contributed by atoms with E-state index < -0.39 is 10.0 Å². The van der Waals surface area contributed by atoms with Crippen molar-refractivity contribution in [2.45, 2.75) is 52.6 Å². The zero-order valence-electron chi connectivity index (χ0n) is 13.8. The van der Waals surface area contributed by atoms with Gasteiger partial charge in [-0.05, 0) is 24.8 Å². The first-order valence-electron chi connectivity index (χ1n) is 7.61. The molecule has 0 spiro atoms. The van der Waals surface area contributed by atoms with E-state index in [1.807, 2.05) is 39.2 Å². The van der Waals surface area contributed by atoms with Crippen molar-refractivity contribution in [3.05, 3.63) is 18.0 Å². The molecule has 0 aliphatic carbocycles. The predicted molar refractivity (Wildman–Crippen MR) is 86.4 cm³/mol. The fraction of sp³-hybridized carbons (Fsp3) is 0.733. The summed E-state index contributed by atoms with van der Waals surface area (Å²) in [4.78, 5) is 0.353. The molecule has 21 heavy (non-hydrogen) atoms. The highest BCUT2D eigenvalue weighted by atomic mass is 32.2. The van der Waals surface area contributed by atoms with Gasteiger partial charge in [0.2, 0.25) is 10.0 Å². The van der Waals surface area contributed by atoms with Crippen LogP contribution in [0.1, 0.15) is 40.3 Å². The van der Waals surface area contributed by atoms with Crippen molar-refractivity contribution >= 4 is 10.0 Å². The molecule has 0 fully saturated rings. The number of hydrogen-bond donors (Lipinski definition) is 1. The summed E-state index contributed by atoms with van der Waals surface area (Å²) in [6.07, 6.45) is 1.70. The maximum atomic E-state index is 12.9. The number of rotatable bonds is 8. The second-order valence-electron chi connectivity index (χ2n) is 6.27. The largest absolute Gasteiger partial charge is 0.349 e. The maximum Gasteiger partial charge on any atom is 0.244 e. The third kappa shape index (κ3) is 4.56. The van der Waals surface area contributed by atoms with Crippen LogP contribution >= 0.6 is 0 Å². The topological polar surface area (TPSA) is 68.3 Å². The first kappa shape index (κ1) is 18.2. The summed E-state index contributed by atoms with van der Waals surface area (Å²) < 4.78 is 29.2. The first-order valence-corrected chi connectivity index (χ1v) is 9.05. The van der Waals surface area contributed by atoms with Crippen LogP contribution in [0.4, 0.5) is 0 Å². The molecule has 0 aromatic carbocycles. The monoisotopic (exact) mass is 315 g/mol. The second kappa shape index (κ2) is 7.42. The molecular weight excluding hydrogens is 286 g/mol. The molecule has 0 bridgehead atoms.